The summed E-state index contributed by atoms with van der Waals surface area (Å²) in [5.74, 6) is -5.48. The van der Waals surface area contributed by atoms with E-state index in [2.05, 4.69) is 4.74 Å². The molecule has 0 bridgehead atoms. The van der Waals surface area contributed by atoms with Crippen LogP contribution in [0.1, 0.15) is 36.5 Å². The van der Waals surface area contributed by atoms with E-state index in [4.69, 9.17) is 5.73 Å². The molecule has 2 atom stereocenters. The van der Waals surface area contributed by atoms with Gasteiger partial charge in [-0.1, -0.05) is 31.2 Å². The van der Waals surface area contributed by atoms with Gasteiger partial charge in [-0.25, -0.2) is 26.7 Å². The van der Waals surface area contributed by atoms with Gasteiger partial charge in [0.15, 0.2) is 0 Å². The summed E-state index contributed by atoms with van der Waals surface area (Å²) in [5.41, 5.74) is 1.69. The minimum atomic E-state index is -5.67. The van der Waals surface area contributed by atoms with Crippen molar-refractivity contribution in [3.05, 3.63) is 70.8 Å². The maximum atomic E-state index is 13.7. The number of hydrogen-bond acceptors (Lipinski definition) is 6. The predicted octanol–water partition coefficient (Wildman–Crippen LogP) is 4.12. The fourth-order valence-corrected chi connectivity index (χ4v) is 4.50. The minimum Gasteiger partial charge on any atom is -0.452 e. The third kappa shape index (κ3) is 11.4. The molecular weight excluding hydrogens is 618 g/mol. The molecule has 8 nitrogen and oxygen atoms in total. The molecule has 3 N–H and O–H groups in total. The highest BCUT2D eigenvalue weighted by Crippen LogP contribution is 2.23. The van der Waals surface area contributed by atoms with Crippen LogP contribution in [0.5, 0.6) is 0 Å². The van der Waals surface area contributed by atoms with Gasteiger partial charge in [-0.3, -0.25) is 4.79 Å². The molecule has 0 saturated carbocycles. The normalized spacial score (nSPS) is 13.8. The lowest BCUT2D eigenvalue weighted by molar-refractivity contribution is -0.206. The molecule has 0 spiro atoms. The summed E-state index contributed by atoms with van der Waals surface area (Å²) < 4.78 is 133. The van der Waals surface area contributed by atoms with Crippen LogP contribution in [0, 0.1) is 11.6 Å². The molecule has 2 aromatic rings. The van der Waals surface area contributed by atoms with Crippen LogP contribution in [0.4, 0.5) is 35.1 Å². The van der Waals surface area contributed by atoms with E-state index in [9.17, 15) is 53.1 Å². The highest BCUT2D eigenvalue weighted by atomic mass is 32.2. The molecule has 17 heteroatoms. The zero-order valence-corrected chi connectivity index (χ0v) is 23.5. The number of nitrogens with two attached hydrogens (primary N) is 1. The number of esters is 1. The smallest absolute Gasteiger partial charge is 0.452 e. The topological polar surface area (TPSA) is 119 Å². The molecule has 0 radical (unpaired) electrons. The second-order valence-corrected chi connectivity index (χ2v) is 11.2. The standard InChI is InChI=1S/C26H29F8N3O5S/c1-2-16-5-3-6-17(9-16)14-37(23(38)7-4-8-36-43(40,41)26(32,33)34)15-22(42-24(39)25(29,30)31)21(35)12-18-10-19(27)13-20(28)11-18/h3,5-6,9-11,13,21-22,36H,2,4,7-8,12,14-15,35H2,1H3. The van der Waals surface area contributed by atoms with Gasteiger partial charge >= 0.3 is 27.7 Å². The van der Waals surface area contributed by atoms with Crippen molar-refractivity contribution in [1.82, 2.24) is 9.62 Å². The maximum Gasteiger partial charge on any atom is 0.511 e. The fourth-order valence-electron chi connectivity index (χ4n) is 3.92. The number of amides is 1. The first-order valence-corrected chi connectivity index (χ1v) is 14.2. The number of halogens is 8. The molecule has 0 aromatic heterocycles. The molecule has 0 aliphatic carbocycles. The Morgan fingerprint density at radius 2 is 1.58 bits per heavy atom. The molecule has 2 aromatic carbocycles. The average Bonchev–Trinajstić information content (AvgIpc) is 2.88. The SMILES string of the molecule is CCc1cccc(CN(CC(OC(=O)C(F)(F)F)C(N)Cc2cc(F)cc(F)c2)C(=O)CCCNS(=O)(=O)C(F)(F)F)c1. The van der Waals surface area contributed by atoms with Crippen LogP contribution < -0.4 is 10.5 Å². The summed E-state index contributed by atoms with van der Waals surface area (Å²) >= 11 is 0. The number of alkyl halides is 6. The Morgan fingerprint density at radius 3 is 2.14 bits per heavy atom. The molecule has 0 fully saturated rings. The zero-order chi connectivity index (χ0) is 32.6. The zero-order valence-electron chi connectivity index (χ0n) is 22.6. The number of benzene rings is 2. The van der Waals surface area contributed by atoms with Crippen LogP contribution >= 0.6 is 0 Å². The van der Waals surface area contributed by atoms with E-state index in [1.807, 2.05) is 6.92 Å². The number of nitrogens with one attached hydrogen (secondary N) is 1. The van der Waals surface area contributed by atoms with E-state index in [1.165, 1.54) is 4.72 Å². The van der Waals surface area contributed by atoms with E-state index < -0.39 is 89.7 Å². The Morgan fingerprint density at radius 1 is 0.977 bits per heavy atom. The number of aryl methyl sites for hydroxylation is 1. The Bertz CT molecular complexity index is 1350. The number of ether oxygens (including phenoxy) is 1. The van der Waals surface area contributed by atoms with Crippen molar-refractivity contribution < 1.29 is 57.9 Å². The van der Waals surface area contributed by atoms with Crippen LogP contribution in [-0.2, 0) is 43.7 Å². The quantitative estimate of drug-likeness (QED) is 0.181. The summed E-state index contributed by atoms with van der Waals surface area (Å²) in [5, 5.41) is 0. The van der Waals surface area contributed by atoms with Crippen molar-refractivity contribution in [2.45, 2.75) is 63.0 Å². The maximum absolute atomic E-state index is 13.7. The van der Waals surface area contributed by atoms with Gasteiger partial charge in [0.2, 0.25) is 5.91 Å². The molecule has 240 valence electrons. The van der Waals surface area contributed by atoms with Crippen molar-refractivity contribution >= 4 is 21.9 Å². The van der Waals surface area contributed by atoms with Crippen molar-refractivity contribution in [2.24, 2.45) is 5.73 Å². The first-order chi connectivity index (χ1) is 19.8. The van der Waals surface area contributed by atoms with Gasteiger partial charge in [0.25, 0.3) is 0 Å². The second-order valence-electron chi connectivity index (χ2n) is 9.48. The average molecular weight is 648 g/mol. The van der Waals surface area contributed by atoms with E-state index >= 15 is 0 Å². The first-order valence-electron chi connectivity index (χ1n) is 12.7. The number of carbonyl (C=O) groups excluding carboxylic acids is 2. The van der Waals surface area contributed by atoms with Gasteiger partial charge in [-0.15, -0.1) is 0 Å². The van der Waals surface area contributed by atoms with Crippen molar-refractivity contribution in [2.75, 3.05) is 13.1 Å². The van der Waals surface area contributed by atoms with Gasteiger partial charge < -0.3 is 15.4 Å². The van der Waals surface area contributed by atoms with Gasteiger partial charge in [-0.2, -0.15) is 26.3 Å². The molecule has 43 heavy (non-hydrogen) atoms. The van der Waals surface area contributed by atoms with Crippen LogP contribution in [0.25, 0.3) is 0 Å². The molecule has 2 rings (SSSR count). The van der Waals surface area contributed by atoms with Gasteiger partial charge in [0.1, 0.15) is 17.7 Å². The van der Waals surface area contributed by atoms with Gasteiger partial charge in [0, 0.05) is 31.6 Å². The Balaban J connectivity index is 2.33. The number of sulfonamides is 1. The molecular formula is C26H29F8N3O5S. The largest absolute Gasteiger partial charge is 0.511 e. The number of nitrogens with zero attached hydrogens (tertiary/aromatic N) is 1. The molecule has 1 amide bonds. The lowest BCUT2D eigenvalue weighted by Gasteiger charge is -2.31. The Kier molecular flexibility index (Phi) is 12.5. The number of carbonyl (C=O) groups is 2. The summed E-state index contributed by atoms with van der Waals surface area (Å²) in [6.07, 6.45) is -8.19. The lowest BCUT2D eigenvalue weighted by atomic mass is 10.0. The van der Waals surface area contributed by atoms with E-state index in [0.29, 0.717) is 18.1 Å². The summed E-state index contributed by atoms with van der Waals surface area (Å²) in [4.78, 5) is 25.8. The van der Waals surface area contributed by atoms with E-state index in [0.717, 1.165) is 22.6 Å². The molecule has 0 saturated heterocycles. The van der Waals surface area contributed by atoms with Crippen molar-refractivity contribution in [3.8, 4) is 0 Å². The van der Waals surface area contributed by atoms with Gasteiger partial charge in [-0.05, 0) is 48.1 Å². The fraction of sp³-hybridized carbons (Fsp3) is 0.462. The molecule has 0 aliphatic rings. The summed E-state index contributed by atoms with van der Waals surface area (Å²) in [6, 6.07) is 7.46. The lowest BCUT2D eigenvalue weighted by Crippen LogP contribution is -2.50. The molecule has 0 aliphatic heterocycles. The monoisotopic (exact) mass is 647 g/mol. The minimum absolute atomic E-state index is 0.0801. The van der Waals surface area contributed by atoms with Crippen LogP contribution in [-0.4, -0.2) is 62.1 Å². The van der Waals surface area contributed by atoms with Crippen molar-refractivity contribution in [3.63, 3.8) is 0 Å². The molecule has 2 unspecified atom stereocenters. The predicted molar refractivity (Wildman–Crippen MR) is 137 cm³/mol. The van der Waals surface area contributed by atoms with Crippen molar-refractivity contribution in [1.29, 1.82) is 0 Å². The first kappa shape index (κ1) is 35.9. The third-order valence-electron chi connectivity index (χ3n) is 6.05. The highest BCUT2D eigenvalue weighted by Gasteiger charge is 2.45. The highest BCUT2D eigenvalue weighted by molar-refractivity contribution is 7.90. The van der Waals surface area contributed by atoms with E-state index in [-0.39, 0.29) is 12.1 Å². The second kappa shape index (κ2) is 14.9. The number of hydrogen-bond donors (Lipinski definition) is 2. The molecule has 0 heterocycles. The summed E-state index contributed by atoms with van der Waals surface area (Å²) in [7, 11) is -5.67. The van der Waals surface area contributed by atoms with Crippen LogP contribution in [0.3, 0.4) is 0 Å². The van der Waals surface area contributed by atoms with Crippen LogP contribution in [0.2, 0.25) is 0 Å². The van der Waals surface area contributed by atoms with Crippen LogP contribution in [0.15, 0.2) is 42.5 Å². The third-order valence-corrected chi connectivity index (χ3v) is 7.25. The Labute approximate surface area is 242 Å². The van der Waals surface area contributed by atoms with Gasteiger partial charge in [0.05, 0.1) is 6.54 Å². The Hall–Kier alpha value is -3.31. The van der Waals surface area contributed by atoms with E-state index in [1.54, 1.807) is 24.3 Å². The summed E-state index contributed by atoms with van der Waals surface area (Å²) in [6.45, 7) is 0.0430. The number of rotatable bonds is 14.